The number of thioether (sulfide) groups is 1. The molecule has 1 fully saturated rings. The van der Waals surface area contributed by atoms with Crippen LogP contribution in [0.3, 0.4) is 0 Å². The van der Waals surface area contributed by atoms with Crippen molar-refractivity contribution in [2.24, 2.45) is 0 Å². The van der Waals surface area contributed by atoms with Crippen LogP contribution in [0.4, 0.5) is 0 Å². The molecule has 0 bridgehead atoms. The summed E-state index contributed by atoms with van der Waals surface area (Å²) in [5.41, 5.74) is 0. The zero-order valence-corrected chi connectivity index (χ0v) is 5.47. The lowest BCUT2D eigenvalue weighted by Gasteiger charge is -1.81. The monoisotopic (exact) mass is 149 g/mol. The van der Waals surface area contributed by atoms with Gasteiger partial charge in [-0.05, 0) is 0 Å². The summed E-state index contributed by atoms with van der Waals surface area (Å²) < 4.78 is 10.4. The van der Waals surface area contributed by atoms with Gasteiger partial charge in [0.15, 0.2) is 4.32 Å². The molecule has 1 N–H and O–H groups in total. The molecule has 0 aliphatic carbocycles. The summed E-state index contributed by atoms with van der Waals surface area (Å²) in [6.07, 6.45) is 0. The lowest BCUT2D eigenvalue weighted by molar-refractivity contribution is -0.116. The first-order valence-electron chi connectivity index (χ1n) is 1.92. The van der Waals surface area contributed by atoms with E-state index in [1.165, 1.54) is 11.8 Å². The van der Waals surface area contributed by atoms with E-state index in [1.54, 1.807) is 0 Å². The first kappa shape index (κ1) is 5.84. The third kappa shape index (κ3) is 1.10. The molecule has 0 aromatic rings. The number of carbonyl (C=O) groups excluding carboxylic acids is 1. The van der Waals surface area contributed by atoms with Gasteiger partial charge in [0.2, 0.25) is 5.91 Å². The Morgan fingerprint density at radius 2 is 2.50 bits per heavy atom. The first-order chi connectivity index (χ1) is 3.83. The molecule has 0 saturated carbocycles. The second kappa shape index (κ2) is 2.32. The Labute approximate surface area is 53.9 Å². The van der Waals surface area contributed by atoms with E-state index < -0.39 is 0 Å². The van der Waals surface area contributed by atoms with E-state index in [9.17, 15) is 9.00 Å². The minimum absolute atomic E-state index is 0.0756. The summed E-state index contributed by atoms with van der Waals surface area (Å²) in [7, 11) is 0. The van der Waals surface area contributed by atoms with Crippen LogP contribution in [-0.4, -0.2) is 20.2 Å². The molecule has 1 saturated heterocycles. The third-order valence-corrected chi connectivity index (χ3v) is 2.23. The lowest BCUT2D eigenvalue weighted by Crippen LogP contribution is -2.19. The smallest absolute Gasteiger partial charge is 0.235 e. The van der Waals surface area contributed by atoms with Gasteiger partial charge in [-0.25, -0.2) is 4.21 Å². The molecule has 0 spiro atoms. The van der Waals surface area contributed by atoms with E-state index in [-0.39, 0.29) is 5.91 Å². The summed E-state index contributed by atoms with van der Waals surface area (Å²) in [4.78, 5) is 10.3. The molecule has 0 aromatic carbocycles. The average Bonchev–Trinajstić information content (AvgIpc) is 2.14. The molecule has 0 unspecified atom stereocenters. The molecule has 8 heavy (non-hydrogen) atoms. The van der Waals surface area contributed by atoms with Gasteiger partial charge in [-0.2, -0.15) is 0 Å². The van der Waals surface area contributed by atoms with Gasteiger partial charge in [-0.1, -0.05) is 11.8 Å². The summed E-state index contributed by atoms with van der Waals surface area (Å²) in [5.74, 6) is 0.318. The van der Waals surface area contributed by atoms with E-state index in [0.717, 1.165) is 0 Å². The highest BCUT2D eigenvalue weighted by Gasteiger charge is 2.14. The van der Waals surface area contributed by atoms with Crippen LogP contribution in [0.25, 0.3) is 0 Å². The van der Waals surface area contributed by atoms with Crippen molar-refractivity contribution in [2.75, 3.05) is 5.75 Å². The normalized spacial score (nSPS) is 18.5. The highest BCUT2D eigenvalue weighted by atomic mass is 32.2. The second-order valence-corrected chi connectivity index (χ2v) is 3.03. The van der Waals surface area contributed by atoms with E-state index in [0.29, 0.717) is 21.3 Å². The second-order valence-electron chi connectivity index (χ2n) is 1.21. The van der Waals surface area contributed by atoms with Crippen molar-refractivity contribution in [1.29, 1.82) is 0 Å². The van der Waals surface area contributed by atoms with Crippen LogP contribution in [0.2, 0.25) is 0 Å². The molecule has 3 nitrogen and oxygen atoms in total. The highest BCUT2D eigenvalue weighted by Crippen LogP contribution is 2.05. The van der Waals surface area contributed by atoms with E-state index in [4.69, 9.17) is 0 Å². The Kier molecular flexibility index (Phi) is 1.69. The predicted molar refractivity (Wildman–Crippen MR) is 33.8 cm³/mol. The zero-order chi connectivity index (χ0) is 5.98. The van der Waals surface area contributed by atoms with Crippen LogP contribution in [0.5, 0.6) is 0 Å². The summed E-state index contributed by atoms with van der Waals surface area (Å²) in [6.45, 7) is 0. The minimum Gasteiger partial charge on any atom is -0.309 e. The number of hydrogen-bond acceptors (Lipinski definition) is 3. The molecule has 0 radical (unpaired) electrons. The highest BCUT2D eigenvalue weighted by molar-refractivity contribution is 8.21. The summed E-state index contributed by atoms with van der Waals surface area (Å²) in [6, 6.07) is 0. The maximum atomic E-state index is 10.3. The Hall–Kier alpha value is -0.290. The Morgan fingerprint density at radius 1 is 1.75 bits per heavy atom. The van der Waals surface area contributed by atoms with Crippen LogP contribution in [0, 0.1) is 0 Å². The minimum atomic E-state index is -0.0756. The van der Waals surface area contributed by atoms with Gasteiger partial charge in [0.25, 0.3) is 0 Å². The SMILES string of the molecule is O=S=C1NC(=O)CS1. The zero-order valence-electron chi connectivity index (χ0n) is 3.84. The molecular weight excluding hydrogens is 146 g/mol. The number of rotatable bonds is 0. The van der Waals surface area contributed by atoms with E-state index in [1.807, 2.05) is 0 Å². The van der Waals surface area contributed by atoms with Crippen LogP contribution < -0.4 is 5.32 Å². The maximum Gasteiger partial charge on any atom is 0.235 e. The Morgan fingerprint density at radius 3 is 2.75 bits per heavy atom. The van der Waals surface area contributed by atoms with Crippen molar-refractivity contribution in [2.45, 2.75) is 0 Å². The van der Waals surface area contributed by atoms with Crippen molar-refractivity contribution in [3.8, 4) is 0 Å². The van der Waals surface area contributed by atoms with E-state index in [2.05, 4.69) is 5.32 Å². The van der Waals surface area contributed by atoms with Gasteiger partial charge >= 0.3 is 0 Å². The lowest BCUT2D eigenvalue weighted by atomic mass is 10.7. The number of hydrogen-bond donors (Lipinski definition) is 1. The molecule has 0 aromatic heterocycles. The molecule has 1 amide bonds. The summed E-state index contributed by atoms with van der Waals surface area (Å²) in [5, 5.41) is 2.39. The number of nitrogens with one attached hydrogen (secondary N) is 1. The van der Waals surface area contributed by atoms with Crippen molar-refractivity contribution in [3.05, 3.63) is 0 Å². The fourth-order valence-corrected chi connectivity index (χ4v) is 1.41. The predicted octanol–water partition coefficient (Wildman–Crippen LogP) is -0.850. The maximum absolute atomic E-state index is 10.3. The fraction of sp³-hybridized carbons (Fsp3) is 0.333. The quantitative estimate of drug-likeness (QED) is 0.456. The van der Waals surface area contributed by atoms with Crippen LogP contribution in [0.15, 0.2) is 0 Å². The van der Waals surface area contributed by atoms with Gasteiger partial charge in [0, 0.05) is 0 Å². The van der Waals surface area contributed by atoms with Crippen LogP contribution >= 0.6 is 11.8 Å². The standard InChI is InChI=1S/C3H3NO2S2/c5-2-1-7-3(4-2)8-6/h1H2,(H,4,5). The van der Waals surface area contributed by atoms with Crippen LogP contribution in [0.1, 0.15) is 0 Å². The summed E-state index contributed by atoms with van der Waals surface area (Å²) >= 11 is 1.59. The Bertz CT molecular complexity index is 172. The topological polar surface area (TPSA) is 46.2 Å². The molecular formula is C3H3NO2S2. The molecule has 44 valence electrons. The molecule has 1 rings (SSSR count). The van der Waals surface area contributed by atoms with Crippen molar-refractivity contribution in [1.82, 2.24) is 5.32 Å². The van der Waals surface area contributed by atoms with Crippen LogP contribution in [-0.2, 0) is 16.1 Å². The average molecular weight is 149 g/mol. The fourth-order valence-electron chi connectivity index (χ4n) is 0.362. The number of amides is 1. The largest absolute Gasteiger partial charge is 0.309 e. The van der Waals surface area contributed by atoms with Crippen molar-refractivity contribution >= 4 is 33.2 Å². The number of carbonyl (C=O) groups is 1. The van der Waals surface area contributed by atoms with Gasteiger partial charge in [0.05, 0.1) is 5.75 Å². The van der Waals surface area contributed by atoms with Gasteiger partial charge in [-0.15, -0.1) is 0 Å². The van der Waals surface area contributed by atoms with Gasteiger partial charge in [-0.3, -0.25) is 4.79 Å². The third-order valence-electron chi connectivity index (χ3n) is 0.652. The molecule has 5 heteroatoms. The van der Waals surface area contributed by atoms with Crippen molar-refractivity contribution < 1.29 is 9.00 Å². The Balaban J connectivity index is 2.70. The molecule has 1 aliphatic rings. The molecule has 1 aliphatic heterocycles. The van der Waals surface area contributed by atoms with Crippen molar-refractivity contribution in [3.63, 3.8) is 0 Å². The van der Waals surface area contributed by atoms with E-state index >= 15 is 0 Å². The first-order valence-corrected chi connectivity index (χ1v) is 3.65. The molecule has 0 atom stereocenters. The molecule has 1 heterocycles. The van der Waals surface area contributed by atoms with Gasteiger partial charge in [0.1, 0.15) is 11.3 Å². The van der Waals surface area contributed by atoms with Gasteiger partial charge < -0.3 is 5.32 Å².